The van der Waals surface area contributed by atoms with Crippen molar-refractivity contribution in [3.8, 4) is 5.88 Å². The molecule has 1 aromatic carbocycles. The van der Waals surface area contributed by atoms with Gasteiger partial charge in [-0.15, -0.1) is 0 Å². The molecule has 1 aromatic heterocycles. The van der Waals surface area contributed by atoms with Crippen LogP contribution in [0.5, 0.6) is 5.88 Å². The molecule has 0 bridgehead atoms. The molecule has 16 heavy (non-hydrogen) atoms. The minimum atomic E-state index is -0.631. The molecule has 0 N–H and O–H groups in total. The Labute approximate surface area is 92.9 Å². The molecule has 0 unspecified atom stereocenters. The van der Waals surface area contributed by atoms with Gasteiger partial charge in [-0.3, -0.25) is 4.98 Å². The fraction of sp³-hybridized carbons (Fsp3) is 0.167. The Balaban J connectivity index is 2.08. The third-order valence-electron chi connectivity index (χ3n) is 2.10. The van der Waals surface area contributed by atoms with E-state index >= 15 is 0 Å². The minimum Gasteiger partial charge on any atom is -0.471 e. The van der Waals surface area contributed by atoms with Crippen LogP contribution < -0.4 is 4.74 Å². The lowest BCUT2D eigenvalue weighted by molar-refractivity contribution is 0.284. The van der Waals surface area contributed by atoms with Gasteiger partial charge in [0.1, 0.15) is 6.61 Å². The van der Waals surface area contributed by atoms with Crippen molar-refractivity contribution in [3.63, 3.8) is 0 Å². The Morgan fingerprint density at radius 2 is 2.00 bits per heavy atom. The molecule has 0 radical (unpaired) electrons. The largest absolute Gasteiger partial charge is 0.471 e. The van der Waals surface area contributed by atoms with Crippen molar-refractivity contribution in [3.05, 3.63) is 53.7 Å². The third kappa shape index (κ3) is 2.53. The minimum absolute atomic E-state index is 0.240. The topological polar surface area (TPSA) is 35.0 Å². The number of aromatic nitrogens is 2. The van der Waals surface area contributed by atoms with Crippen LogP contribution in [-0.2, 0) is 6.61 Å². The van der Waals surface area contributed by atoms with Crippen LogP contribution in [0.2, 0.25) is 0 Å². The van der Waals surface area contributed by atoms with Gasteiger partial charge in [-0.25, -0.2) is 0 Å². The molecule has 1 heterocycles. The van der Waals surface area contributed by atoms with Gasteiger partial charge in [0.05, 0.1) is 11.9 Å². The highest BCUT2D eigenvalue weighted by molar-refractivity contribution is 5.18. The van der Waals surface area contributed by atoms with Crippen molar-refractivity contribution in [2.24, 2.45) is 0 Å². The van der Waals surface area contributed by atoms with E-state index in [1.807, 2.05) is 30.3 Å². The maximum atomic E-state index is 12.8. The lowest BCUT2D eigenvalue weighted by atomic mass is 10.2. The van der Waals surface area contributed by atoms with Crippen LogP contribution in [0.1, 0.15) is 11.3 Å². The molecule has 2 aromatic rings. The maximum absolute atomic E-state index is 12.8. The lowest BCUT2D eigenvalue weighted by Crippen LogP contribution is -2.01. The van der Waals surface area contributed by atoms with Gasteiger partial charge >= 0.3 is 0 Å². The standard InChI is InChI=1S/C12H11FN2O/c1-9-12(15-11(13)7-14-9)16-8-10-5-3-2-4-6-10/h2-7H,8H2,1H3. The summed E-state index contributed by atoms with van der Waals surface area (Å²) in [6.07, 6.45) is 1.07. The fourth-order valence-electron chi connectivity index (χ4n) is 1.27. The van der Waals surface area contributed by atoms with Crippen LogP contribution in [0.25, 0.3) is 0 Å². The van der Waals surface area contributed by atoms with E-state index in [1.54, 1.807) is 6.92 Å². The summed E-state index contributed by atoms with van der Waals surface area (Å²) < 4.78 is 18.2. The van der Waals surface area contributed by atoms with E-state index in [-0.39, 0.29) is 5.88 Å². The average Bonchev–Trinajstić information content (AvgIpc) is 2.32. The molecule has 0 saturated heterocycles. The first-order chi connectivity index (χ1) is 7.75. The first kappa shape index (κ1) is 10.5. The van der Waals surface area contributed by atoms with Crippen molar-refractivity contribution in [1.29, 1.82) is 0 Å². The van der Waals surface area contributed by atoms with E-state index in [9.17, 15) is 4.39 Å². The summed E-state index contributed by atoms with van der Waals surface area (Å²) in [5, 5.41) is 0. The summed E-state index contributed by atoms with van der Waals surface area (Å²) in [5.74, 6) is -0.391. The summed E-state index contributed by atoms with van der Waals surface area (Å²) in [4.78, 5) is 7.46. The van der Waals surface area contributed by atoms with E-state index in [0.717, 1.165) is 11.8 Å². The van der Waals surface area contributed by atoms with Crippen molar-refractivity contribution >= 4 is 0 Å². The highest BCUT2D eigenvalue weighted by Crippen LogP contribution is 2.13. The van der Waals surface area contributed by atoms with Crippen molar-refractivity contribution < 1.29 is 9.13 Å². The predicted octanol–water partition coefficient (Wildman–Crippen LogP) is 2.50. The molecule has 4 heteroatoms. The number of rotatable bonds is 3. The summed E-state index contributed by atoms with van der Waals surface area (Å²) in [5.41, 5.74) is 1.59. The first-order valence-corrected chi connectivity index (χ1v) is 4.91. The second-order valence-corrected chi connectivity index (χ2v) is 3.36. The molecule has 0 saturated carbocycles. The van der Waals surface area contributed by atoms with Gasteiger partial charge in [-0.1, -0.05) is 30.3 Å². The fourth-order valence-corrected chi connectivity index (χ4v) is 1.27. The zero-order chi connectivity index (χ0) is 11.4. The van der Waals surface area contributed by atoms with Crippen LogP contribution >= 0.6 is 0 Å². The average molecular weight is 218 g/mol. The van der Waals surface area contributed by atoms with Crippen molar-refractivity contribution in [2.45, 2.75) is 13.5 Å². The Bertz CT molecular complexity index is 474. The molecular formula is C12H11FN2O. The monoisotopic (exact) mass is 218 g/mol. The molecule has 0 aliphatic carbocycles. The highest BCUT2D eigenvalue weighted by Gasteiger charge is 2.04. The normalized spacial score (nSPS) is 10.1. The van der Waals surface area contributed by atoms with Crippen molar-refractivity contribution in [2.75, 3.05) is 0 Å². The van der Waals surface area contributed by atoms with E-state index < -0.39 is 5.95 Å². The molecule has 0 atom stereocenters. The van der Waals surface area contributed by atoms with Crippen LogP contribution in [0.15, 0.2) is 36.5 Å². The number of benzene rings is 1. The van der Waals surface area contributed by atoms with Gasteiger partial charge in [0, 0.05) is 0 Å². The van der Waals surface area contributed by atoms with E-state index in [4.69, 9.17) is 4.74 Å². The Kier molecular flexibility index (Phi) is 3.10. The molecular weight excluding hydrogens is 207 g/mol. The first-order valence-electron chi connectivity index (χ1n) is 4.91. The van der Waals surface area contributed by atoms with Gasteiger partial charge in [0.15, 0.2) is 0 Å². The maximum Gasteiger partial charge on any atom is 0.238 e. The molecule has 2 rings (SSSR count). The summed E-state index contributed by atoms with van der Waals surface area (Å²) in [6, 6.07) is 9.63. The van der Waals surface area contributed by atoms with Crippen LogP contribution in [0.3, 0.4) is 0 Å². The SMILES string of the molecule is Cc1ncc(F)nc1OCc1ccccc1. The lowest BCUT2D eigenvalue weighted by Gasteiger charge is -2.06. The van der Waals surface area contributed by atoms with Crippen LogP contribution in [-0.4, -0.2) is 9.97 Å². The molecule has 0 aliphatic rings. The second-order valence-electron chi connectivity index (χ2n) is 3.36. The van der Waals surface area contributed by atoms with E-state index in [0.29, 0.717) is 12.3 Å². The molecule has 0 amide bonds. The number of hydrogen-bond donors (Lipinski definition) is 0. The number of hydrogen-bond acceptors (Lipinski definition) is 3. The molecule has 0 aliphatic heterocycles. The van der Waals surface area contributed by atoms with Gasteiger partial charge in [0.25, 0.3) is 0 Å². The number of nitrogens with zero attached hydrogens (tertiary/aromatic N) is 2. The quantitative estimate of drug-likeness (QED) is 0.793. The van der Waals surface area contributed by atoms with E-state index in [1.165, 1.54) is 0 Å². The Morgan fingerprint density at radius 1 is 1.25 bits per heavy atom. The zero-order valence-corrected chi connectivity index (χ0v) is 8.85. The van der Waals surface area contributed by atoms with Crippen molar-refractivity contribution in [1.82, 2.24) is 9.97 Å². The number of aryl methyl sites for hydroxylation is 1. The summed E-state index contributed by atoms with van der Waals surface area (Å²) in [7, 11) is 0. The van der Waals surface area contributed by atoms with Gasteiger partial charge in [-0.2, -0.15) is 9.37 Å². The zero-order valence-electron chi connectivity index (χ0n) is 8.85. The number of ether oxygens (including phenoxy) is 1. The summed E-state index contributed by atoms with van der Waals surface area (Å²) in [6.45, 7) is 2.09. The Hall–Kier alpha value is -1.97. The summed E-state index contributed by atoms with van der Waals surface area (Å²) >= 11 is 0. The molecule has 82 valence electrons. The smallest absolute Gasteiger partial charge is 0.238 e. The number of halogens is 1. The Morgan fingerprint density at radius 3 is 2.75 bits per heavy atom. The van der Waals surface area contributed by atoms with E-state index in [2.05, 4.69) is 9.97 Å². The second kappa shape index (κ2) is 4.70. The van der Waals surface area contributed by atoms with Gasteiger partial charge in [0.2, 0.25) is 11.8 Å². The predicted molar refractivity (Wildman–Crippen MR) is 57.5 cm³/mol. The molecule has 0 fully saturated rings. The van der Waals surface area contributed by atoms with Gasteiger partial charge in [-0.05, 0) is 12.5 Å². The molecule has 3 nitrogen and oxygen atoms in total. The third-order valence-corrected chi connectivity index (χ3v) is 2.10. The highest BCUT2D eigenvalue weighted by atomic mass is 19.1. The van der Waals surface area contributed by atoms with Gasteiger partial charge < -0.3 is 4.74 Å². The molecule has 0 spiro atoms. The van der Waals surface area contributed by atoms with Crippen LogP contribution in [0, 0.1) is 12.9 Å². The van der Waals surface area contributed by atoms with Crippen LogP contribution in [0.4, 0.5) is 4.39 Å².